The Bertz CT molecular complexity index is 1110. The second-order valence-corrected chi connectivity index (χ2v) is 10.3. The number of carbonyl (C=O) groups is 1. The summed E-state index contributed by atoms with van der Waals surface area (Å²) in [4.78, 5) is 18.8. The van der Waals surface area contributed by atoms with Gasteiger partial charge in [-0.15, -0.1) is 12.4 Å². The fourth-order valence-electron chi connectivity index (χ4n) is 4.13. The maximum Gasteiger partial charge on any atom is 0.236 e. The summed E-state index contributed by atoms with van der Waals surface area (Å²) in [6.07, 6.45) is 9.69. The van der Waals surface area contributed by atoms with E-state index < -0.39 is 10.0 Å². The van der Waals surface area contributed by atoms with E-state index in [1.165, 1.54) is 15.3 Å². The molecule has 2 aliphatic rings. The van der Waals surface area contributed by atoms with Crippen LogP contribution in [0.5, 0.6) is 0 Å². The van der Waals surface area contributed by atoms with E-state index in [1.54, 1.807) is 42.7 Å². The smallest absolute Gasteiger partial charge is 0.236 e. The van der Waals surface area contributed by atoms with Gasteiger partial charge >= 0.3 is 0 Å². The Kier molecular flexibility index (Phi) is 8.70. The molecule has 2 heterocycles. The number of rotatable bonds is 5. The summed E-state index contributed by atoms with van der Waals surface area (Å²) >= 11 is 5.87. The molecule has 1 atom stereocenters. The summed E-state index contributed by atoms with van der Waals surface area (Å²) in [5.41, 5.74) is 3.19. The average Bonchev–Trinajstić information content (AvgIpc) is 2.84. The van der Waals surface area contributed by atoms with Gasteiger partial charge in [0.15, 0.2) is 0 Å². The first-order valence-corrected chi connectivity index (χ1v) is 12.6. The van der Waals surface area contributed by atoms with E-state index >= 15 is 0 Å². The van der Waals surface area contributed by atoms with Gasteiger partial charge in [0.1, 0.15) is 0 Å². The Morgan fingerprint density at radius 2 is 1.70 bits per heavy atom. The Labute approximate surface area is 206 Å². The molecular weight excluding hydrogens is 481 g/mol. The molecule has 0 N–H and O–H groups in total. The second kappa shape index (κ2) is 11.3. The third-order valence-corrected chi connectivity index (χ3v) is 7.84. The molecule has 2 aromatic rings. The van der Waals surface area contributed by atoms with Crippen molar-refractivity contribution in [3.63, 3.8) is 0 Å². The highest BCUT2D eigenvalue weighted by molar-refractivity contribution is 7.92. The zero-order chi connectivity index (χ0) is 22.6. The number of aromatic nitrogens is 1. The van der Waals surface area contributed by atoms with Crippen molar-refractivity contribution in [3.05, 3.63) is 76.4 Å². The van der Waals surface area contributed by atoms with Crippen LogP contribution >= 0.6 is 24.0 Å². The van der Waals surface area contributed by atoms with Crippen molar-refractivity contribution < 1.29 is 13.2 Å². The van der Waals surface area contributed by atoms with Crippen LogP contribution in [0.2, 0.25) is 5.02 Å². The lowest BCUT2D eigenvalue weighted by Gasteiger charge is -2.36. The van der Waals surface area contributed by atoms with Crippen LogP contribution in [0.25, 0.3) is 11.6 Å². The van der Waals surface area contributed by atoms with E-state index in [-0.39, 0.29) is 24.2 Å². The fourth-order valence-corrected chi connectivity index (χ4v) is 5.43. The Morgan fingerprint density at radius 3 is 2.30 bits per heavy atom. The molecule has 1 saturated heterocycles. The van der Waals surface area contributed by atoms with Crippen molar-refractivity contribution in [1.29, 1.82) is 0 Å². The van der Waals surface area contributed by atoms with Crippen LogP contribution in [0.15, 0.2) is 60.3 Å². The first-order chi connectivity index (χ1) is 15.4. The normalized spacial score (nSPS) is 19.7. The molecule has 176 valence electrons. The molecule has 0 radical (unpaired) electrons. The molecular formula is C24H27Cl2N3O3S. The van der Waals surface area contributed by atoms with Crippen molar-refractivity contribution in [1.82, 2.24) is 14.2 Å². The van der Waals surface area contributed by atoms with Crippen LogP contribution in [-0.4, -0.2) is 54.7 Å². The van der Waals surface area contributed by atoms with Crippen LogP contribution in [-0.2, 0) is 14.8 Å². The maximum atomic E-state index is 13.0. The van der Waals surface area contributed by atoms with E-state index in [0.29, 0.717) is 31.2 Å². The minimum atomic E-state index is -3.54. The highest BCUT2D eigenvalue weighted by Crippen LogP contribution is 2.31. The highest BCUT2D eigenvalue weighted by atomic mass is 35.5. The van der Waals surface area contributed by atoms with E-state index in [4.69, 9.17) is 11.6 Å². The summed E-state index contributed by atoms with van der Waals surface area (Å²) < 4.78 is 26.8. The maximum absolute atomic E-state index is 13.0. The number of amides is 1. The van der Waals surface area contributed by atoms with Crippen LogP contribution in [0, 0.1) is 5.92 Å². The zero-order valence-corrected chi connectivity index (χ0v) is 20.5. The summed E-state index contributed by atoms with van der Waals surface area (Å²) in [5, 5.41) is 1.83. The average molecular weight is 508 g/mol. The number of hydrogen-bond acceptors (Lipinski definition) is 4. The molecule has 0 unspecified atom stereocenters. The van der Waals surface area contributed by atoms with Gasteiger partial charge in [-0.3, -0.25) is 9.78 Å². The Balaban J connectivity index is 0.00000306. The lowest BCUT2D eigenvalue weighted by Crippen LogP contribution is -2.51. The van der Waals surface area contributed by atoms with Gasteiger partial charge in [0.2, 0.25) is 15.9 Å². The standard InChI is InChI=1S/C24H26ClN3O3S.ClH/c25-23-7-1-19(2-8-23)11-18-32(30,31)28-16-14-27(15-17-28)24(29)22-5-3-20(4-6-22)21-9-12-26-13-10-21;/h1-3,7-13,18,22H,4-6,14-17H2;1H/t22-;/m1./s1. The molecule has 1 amide bonds. The Morgan fingerprint density at radius 1 is 1.03 bits per heavy atom. The van der Waals surface area contributed by atoms with Crippen molar-refractivity contribution >= 4 is 51.6 Å². The molecule has 1 aromatic carbocycles. The van der Waals surface area contributed by atoms with Gasteiger partial charge in [-0.25, -0.2) is 8.42 Å². The number of piperazine rings is 1. The Hall–Kier alpha value is -2.19. The largest absolute Gasteiger partial charge is 0.340 e. The number of nitrogens with zero attached hydrogens (tertiary/aromatic N) is 3. The van der Waals surface area contributed by atoms with Gasteiger partial charge in [-0.2, -0.15) is 4.31 Å². The number of hydrogen-bond donors (Lipinski definition) is 0. The van der Waals surface area contributed by atoms with Crippen molar-refractivity contribution in [2.75, 3.05) is 26.2 Å². The molecule has 6 nitrogen and oxygen atoms in total. The molecule has 33 heavy (non-hydrogen) atoms. The van der Waals surface area contributed by atoms with E-state index in [9.17, 15) is 13.2 Å². The summed E-state index contributed by atoms with van der Waals surface area (Å²) in [7, 11) is -3.54. The van der Waals surface area contributed by atoms with Gasteiger partial charge in [-0.05, 0) is 66.3 Å². The summed E-state index contributed by atoms with van der Waals surface area (Å²) in [6.45, 7) is 1.46. The predicted molar refractivity (Wildman–Crippen MR) is 134 cm³/mol. The topological polar surface area (TPSA) is 70.6 Å². The van der Waals surface area contributed by atoms with Crippen molar-refractivity contribution in [2.24, 2.45) is 5.92 Å². The SMILES string of the molecule is Cl.O=C([C@@H]1CC=C(c2ccncc2)CC1)N1CCN(S(=O)(=O)C=Cc2ccc(Cl)cc2)CC1. The lowest BCUT2D eigenvalue weighted by atomic mass is 9.86. The van der Waals surface area contributed by atoms with Crippen molar-refractivity contribution in [3.8, 4) is 0 Å². The zero-order valence-electron chi connectivity index (χ0n) is 18.1. The van der Waals surface area contributed by atoms with Crippen LogP contribution in [0.3, 0.4) is 0 Å². The molecule has 1 fully saturated rings. The van der Waals surface area contributed by atoms with Crippen LogP contribution in [0.1, 0.15) is 30.4 Å². The molecule has 0 saturated carbocycles. The number of sulfonamides is 1. The first-order valence-electron chi connectivity index (χ1n) is 10.7. The fraction of sp³-hybridized carbons (Fsp3) is 0.333. The highest BCUT2D eigenvalue weighted by Gasteiger charge is 2.31. The first kappa shape index (κ1) is 25.4. The van der Waals surface area contributed by atoms with Gasteiger partial charge in [0.25, 0.3) is 0 Å². The lowest BCUT2D eigenvalue weighted by molar-refractivity contribution is -0.136. The predicted octanol–water partition coefficient (Wildman–Crippen LogP) is 4.49. The quantitative estimate of drug-likeness (QED) is 0.597. The van der Waals surface area contributed by atoms with Gasteiger partial charge < -0.3 is 4.90 Å². The molecule has 0 spiro atoms. The van der Waals surface area contributed by atoms with Crippen LogP contribution in [0.4, 0.5) is 0 Å². The van der Waals surface area contributed by atoms with Gasteiger partial charge in [0, 0.05) is 54.9 Å². The molecule has 4 rings (SSSR count). The number of carbonyl (C=O) groups excluding carboxylic acids is 1. The van der Waals surface area contributed by atoms with E-state index in [0.717, 1.165) is 30.4 Å². The monoisotopic (exact) mass is 507 g/mol. The summed E-state index contributed by atoms with van der Waals surface area (Å²) in [6, 6.07) is 11.0. The third kappa shape index (κ3) is 6.44. The molecule has 1 aliphatic carbocycles. The number of benzene rings is 1. The van der Waals surface area contributed by atoms with Gasteiger partial charge in [-0.1, -0.05) is 29.8 Å². The van der Waals surface area contributed by atoms with E-state index in [2.05, 4.69) is 11.1 Å². The van der Waals surface area contributed by atoms with E-state index in [1.807, 2.05) is 17.0 Å². The molecule has 1 aliphatic heterocycles. The second-order valence-electron chi connectivity index (χ2n) is 8.06. The number of allylic oxidation sites excluding steroid dienone is 2. The summed E-state index contributed by atoms with van der Waals surface area (Å²) in [5.74, 6) is 0.0947. The third-order valence-electron chi connectivity index (χ3n) is 6.02. The number of pyridine rings is 1. The molecule has 9 heteroatoms. The molecule has 0 bridgehead atoms. The minimum Gasteiger partial charge on any atom is -0.340 e. The number of halogens is 2. The van der Waals surface area contributed by atoms with Gasteiger partial charge in [0.05, 0.1) is 0 Å². The van der Waals surface area contributed by atoms with Crippen molar-refractivity contribution in [2.45, 2.75) is 19.3 Å². The minimum absolute atomic E-state index is 0. The van der Waals surface area contributed by atoms with Crippen LogP contribution < -0.4 is 0 Å². The molecule has 1 aromatic heterocycles.